The summed E-state index contributed by atoms with van der Waals surface area (Å²) in [6.07, 6.45) is 5.58. The molecule has 2 saturated carbocycles. The second-order valence-corrected chi connectivity index (χ2v) is 16.8. The summed E-state index contributed by atoms with van der Waals surface area (Å²) in [7, 11) is 0. The van der Waals surface area contributed by atoms with E-state index in [2.05, 4.69) is 0 Å². The van der Waals surface area contributed by atoms with Crippen molar-refractivity contribution in [2.24, 2.45) is 11.8 Å². The fraction of sp³-hybridized carbons (Fsp3) is 0.294. The van der Waals surface area contributed by atoms with Crippen LogP contribution in [0.4, 0.5) is 15.3 Å². The Morgan fingerprint density at radius 1 is 0.459 bits per heavy atom. The molecule has 10 heteroatoms. The van der Waals surface area contributed by atoms with E-state index in [1.807, 2.05) is 127 Å². The topological polar surface area (TPSA) is 115 Å². The number of hydrogen-bond acceptors (Lipinski definition) is 6. The van der Waals surface area contributed by atoms with Crippen LogP contribution in [0.25, 0.3) is 11.1 Å². The van der Waals surface area contributed by atoms with E-state index in [1.165, 1.54) is 14.7 Å². The number of barbiturate groups is 2. The molecule has 10 nitrogen and oxygen atoms in total. The number of carbonyl (C=O) groups is 6. The summed E-state index contributed by atoms with van der Waals surface area (Å²) >= 11 is 0. The van der Waals surface area contributed by atoms with Gasteiger partial charge in [0.25, 0.3) is 0 Å². The number of imide groups is 4. The quantitative estimate of drug-likeness (QED) is 0.123. The van der Waals surface area contributed by atoms with Gasteiger partial charge in [0.15, 0.2) is 0 Å². The van der Waals surface area contributed by atoms with E-state index in [-0.39, 0.29) is 43.3 Å². The van der Waals surface area contributed by atoms with Gasteiger partial charge in [-0.15, -0.1) is 0 Å². The van der Waals surface area contributed by atoms with Gasteiger partial charge in [-0.05, 0) is 96.4 Å². The minimum Gasteiger partial charge on any atom is -0.273 e. The van der Waals surface area contributed by atoms with Gasteiger partial charge in [0.2, 0.25) is 23.6 Å². The standard InChI is InChI=1S/C51H48N4O6/c56-46-44(47(57)53(50(60)52(46)33-35-15-6-2-7-16-35)42-26-23-38(24-27-42)37-18-8-3-9-19-37)31-36-17-12-20-39(29-36)40-25-28-43(32-40)55-49(59)45(30-34-13-4-1-5-14-34)48(58)54(51(55)61)41-21-10-11-22-41/h1-9,12-20,23-24,26-27,29,40-41,43-45H,10-11,21-22,25,28,30-33H2/t40-,43?,44?,45?/m0/s1. The summed E-state index contributed by atoms with van der Waals surface area (Å²) in [5, 5.41) is 0. The zero-order valence-electron chi connectivity index (χ0n) is 34.0. The van der Waals surface area contributed by atoms with Crippen LogP contribution in [-0.4, -0.2) is 62.5 Å². The Hall–Kier alpha value is -6.68. The molecule has 2 heterocycles. The average molecular weight is 813 g/mol. The van der Waals surface area contributed by atoms with E-state index in [0.717, 1.165) is 70.4 Å². The van der Waals surface area contributed by atoms with Gasteiger partial charge in [-0.1, -0.05) is 140 Å². The van der Waals surface area contributed by atoms with Crippen molar-refractivity contribution in [2.75, 3.05) is 4.90 Å². The summed E-state index contributed by atoms with van der Waals surface area (Å²) in [5.41, 5.74) is 5.72. The summed E-state index contributed by atoms with van der Waals surface area (Å²) < 4.78 is 0. The third kappa shape index (κ3) is 7.90. The van der Waals surface area contributed by atoms with Crippen LogP contribution in [0.15, 0.2) is 140 Å². The number of hydrogen-bond donors (Lipinski definition) is 0. The molecule has 2 saturated heterocycles. The molecule has 0 radical (unpaired) electrons. The molecular formula is C51H48N4O6. The van der Waals surface area contributed by atoms with Crippen molar-refractivity contribution in [2.45, 2.75) is 82.3 Å². The highest BCUT2D eigenvalue weighted by Crippen LogP contribution is 2.41. The van der Waals surface area contributed by atoms with E-state index >= 15 is 0 Å². The van der Waals surface area contributed by atoms with Crippen molar-refractivity contribution >= 4 is 41.4 Å². The first-order valence-corrected chi connectivity index (χ1v) is 21.5. The normalized spacial score (nSPS) is 22.5. The van der Waals surface area contributed by atoms with Crippen LogP contribution in [-0.2, 0) is 38.6 Å². The summed E-state index contributed by atoms with van der Waals surface area (Å²) in [5.74, 6) is -4.03. The Kier molecular flexibility index (Phi) is 11.2. The van der Waals surface area contributed by atoms with Crippen molar-refractivity contribution in [3.63, 3.8) is 0 Å². The van der Waals surface area contributed by atoms with E-state index < -0.39 is 41.6 Å². The molecule has 0 bridgehead atoms. The lowest BCUT2D eigenvalue weighted by molar-refractivity contribution is -0.152. The molecule has 4 atom stereocenters. The Bertz CT molecular complexity index is 2450. The van der Waals surface area contributed by atoms with Crippen LogP contribution >= 0.6 is 0 Å². The SMILES string of the molecule is O=C1C(Cc2cccc([C@H]3CCC(N4C(=O)C(Cc5ccccc5)C(=O)N(C5CCCC5)C4=O)C3)c2)C(=O)N(c2ccc(-c3ccccc3)cc2)C(=O)N1Cc1ccccc1. The van der Waals surface area contributed by atoms with Crippen LogP contribution in [0.1, 0.15) is 73.1 Å². The third-order valence-corrected chi connectivity index (χ3v) is 13.0. The Morgan fingerprint density at radius 2 is 1.02 bits per heavy atom. The lowest BCUT2D eigenvalue weighted by Gasteiger charge is -2.42. The third-order valence-electron chi connectivity index (χ3n) is 13.0. The van der Waals surface area contributed by atoms with Crippen LogP contribution in [0.3, 0.4) is 0 Å². The fourth-order valence-electron chi connectivity index (χ4n) is 9.83. The number of urea groups is 2. The van der Waals surface area contributed by atoms with Gasteiger partial charge >= 0.3 is 12.1 Å². The highest BCUT2D eigenvalue weighted by atomic mass is 16.2. The van der Waals surface area contributed by atoms with E-state index in [9.17, 15) is 28.8 Å². The van der Waals surface area contributed by atoms with Gasteiger partial charge in [-0.2, -0.15) is 0 Å². The number of anilines is 1. The number of rotatable bonds is 11. The summed E-state index contributed by atoms with van der Waals surface area (Å²) in [4.78, 5) is 90.1. The van der Waals surface area contributed by atoms with E-state index in [1.54, 1.807) is 12.1 Å². The molecule has 2 aliphatic heterocycles. The predicted octanol–water partition coefficient (Wildman–Crippen LogP) is 8.94. The van der Waals surface area contributed by atoms with Gasteiger partial charge < -0.3 is 0 Å². The predicted molar refractivity (Wildman–Crippen MR) is 231 cm³/mol. The molecule has 4 fully saturated rings. The lowest BCUT2D eigenvalue weighted by Crippen LogP contribution is -2.64. The van der Waals surface area contributed by atoms with Gasteiger partial charge in [0.1, 0.15) is 11.8 Å². The number of nitrogens with zero attached hydrogens (tertiary/aromatic N) is 4. The average Bonchev–Trinajstić information content (AvgIpc) is 4.01. The van der Waals surface area contributed by atoms with E-state index in [0.29, 0.717) is 18.5 Å². The van der Waals surface area contributed by atoms with E-state index in [4.69, 9.17) is 0 Å². The van der Waals surface area contributed by atoms with Crippen molar-refractivity contribution in [3.8, 4) is 11.1 Å². The van der Waals surface area contributed by atoms with Crippen molar-refractivity contribution in [3.05, 3.63) is 162 Å². The minimum atomic E-state index is -1.15. The highest BCUT2D eigenvalue weighted by Gasteiger charge is 2.52. The monoisotopic (exact) mass is 812 g/mol. The Morgan fingerprint density at radius 3 is 1.69 bits per heavy atom. The van der Waals surface area contributed by atoms with Gasteiger partial charge in [0.05, 0.1) is 12.2 Å². The summed E-state index contributed by atoms with van der Waals surface area (Å²) in [6.45, 7) is 0.0221. The maximum absolute atomic E-state index is 14.4. The molecule has 3 unspecified atom stereocenters. The Balaban J connectivity index is 0.957. The van der Waals surface area contributed by atoms with Crippen LogP contribution in [0, 0.1) is 11.8 Å². The first-order chi connectivity index (χ1) is 29.7. The molecule has 0 spiro atoms. The molecule has 308 valence electrons. The number of amides is 8. The van der Waals surface area contributed by atoms with Crippen LogP contribution < -0.4 is 4.90 Å². The first kappa shape index (κ1) is 39.8. The molecular weight excluding hydrogens is 765 g/mol. The number of benzene rings is 5. The lowest BCUT2D eigenvalue weighted by atomic mass is 9.90. The molecule has 5 aromatic rings. The second kappa shape index (κ2) is 17.1. The molecule has 5 aromatic carbocycles. The fourth-order valence-corrected chi connectivity index (χ4v) is 9.83. The highest BCUT2D eigenvalue weighted by molar-refractivity contribution is 6.27. The van der Waals surface area contributed by atoms with Gasteiger partial charge in [0, 0.05) is 12.1 Å². The largest absolute Gasteiger partial charge is 0.338 e. The Labute approximate surface area is 355 Å². The van der Waals surface area contributed by atoms with Crippen molar-refractivity contribution in [1.29, 1.82) is 0 Å². The minimum absolute atomic E-state index is 0.00391. The summed E-state index contributed by atoms with van der Waals surface area (Å²) in [6, 6.07) is 41.9. The first-order valence-electron chi connectivity index (χ1n) is 21.5. The van der Waals surface area contributed by atoms with Crippen molar-refractivity contribution < 1.29 is 28.8 Å². The molecule has 0 aromatic heterocycles. The molecule has 4 aliphatic rings. The van der Waals surface area contributed by atoms with Crippen LogP contribution in [0.2, 0.25) is 0 Å². The molecule has 0 N–H and O–H groups in total. The van der Waals surface area contributed by atoms with Gasteiger partial charge in [-0.3, -0.25) is 33.9 Å². The zero-order valence-corrected chi connectivity index (χ0v) is 34.0. The molecule has 8 amide bonds. The maximum Gasteiger partial charge on any atom is 0.338 e. The molecule has 9 rings (SSSR count). The zero-order chi connectivity index (χ0) is 42.0. The van der Waals surface area contributed by atoms with Gasteiger partial charge in [-0.25, -0.2) is 14.5 Å². The van der Waals surface area contributed by atoms with Crippen LogP contribution in [0.5, 0.6) is 0 Å². The smallest absolute Gasteiger partial charge is 0.273 e. The maximum atomic E-state index is 14.4. The molecule has 2 aliphatic carbocycles. The molecule has 61 heavy (non-hydrogen) atoms. The second-order valence-electron chi connectivity index (χ2n) is 16.8. The van der Waals surface area contributed by atoms with Crippen molar-refractivity contribution in [1.82, 2.24) is 14.7 Å². The number of carbonyl (C=O) groups excluding carboxylic acids is 6.